The SMILES string of the molecule is Cc1nc(N)cc(C(F)F)c1O. The van der Waals surface area contributed by atoms with Gasteiger partial charge in [0.2, 0.25) is 0 Å². The fraction of sp³-hybridized carbons (Fsp3) is 0.286. The fourth-order valence-electron chi connectivity index (χ4n) is 0.882. The van der Waals surface area contributed by atoms with E-state index in [2.05, 4.69) is 4.98 Å². The Kier molecular flexibility index (Phi) is 2.12. The number of hydrogen-bond acceptors (Lipinski definition) is 3. The molecule has 1 rings (SSSR count). The first kappa shape index (κ1) is 8.70. The maximum atomic E-state index is 12.1. The first-order valence-electron chi connectivity index (χ1n) is 3.26. The van der Waals surface area contributed by atoms with Crippen LogP contribution < -0.4 is 5.73 Å². The van der Waals surface area contributed by atoms with E-state index in [1.165, 1.54) is 6.92 Å². The maximum absolute atomic E-state index is 12.1. The number of aromatic nitrogens is 1. The Labute approximate surface area is 67.8 Å². The molecule has 3 nitrogen and oxygen atoms in total. The lowest BCUT2D eigenvalue weighted by molar-refractivity contribution is 0.147. The van der Waals surface area contributed by atoms with Crippen LogP contribution in [-0.2, 0) is 0 Å². The Balaban J connectivity index is 3.28. The zero-order valence-electron chi connectivity index (χ0n) is 6.38. The number of rotatable bonds is 1. The molecule has 0 amide bonds. The Morgan fingerprint density at radius 2 is 2.17 bits per heavy atom. The Hall–Kier alpha value is -1.39. The van der Waals surface area contributed by atoms with Crippen LogP contribution in [0.4, 0.5) is 14.6 Å². The van der Waals surface area contributed by atoms with Crippen LogP contribution >= 0.6 is 0 Å². The van der Waals surface area contributed by atoms with Crippen molar-refractivity contribution < 1.29 is 13.9 Å². The summed E-state index contributed by atoms with van der Waals surface area (Å²) in [7, 11) is 0. The predicted octanol–water partition coefficient (Wildman–Crippen LogP) is 1.62. The summed E-state index contributed by atoms with van der Waals surface area (Å²) in [5.74, 6) is -0.500. The van der Waals surface area contributed by atoms with Crippen molar-refractivity contribution in [3.05, 3.63) is 17.3 Å². The van der Waals surface area contributed by atoms with Crippen LogP contribution in [0.1, 0.15) is 17.7 Å². The lowest BCUT2D eigenvalue weighted by atomic mass is 10.2. The zero-order chi connectivity index (χ0) is 9.30. The van der Waals surface area contributed by atoms with Crippen molar-refractivity contribution in [1.29, 1.82) is 0 Å². The van der Waals surface area contributed by atoms with Gasteiger partial charge in [-0.25, -0.2) is 13.8 Å². The quantitative estimate of drug-likeness (QED) is 0.680. The van der Waals surface area contributed by atoms with Gasteiger partial charge < -0.3 is 10.8 Å². The summed E-state index contributed by atoms with van der Waals surface area (Å²) in [6.07, 6.45) is -2.73. The van der Waals surface area contributed by atoms with Crippen LogP contribution in [-0.4, -0.2) is 10.1 Å². The smallest absolute Gasteiger partial charge is 0.267 e. The van der Waals surface area contributed by atoms with Crippen LogP contribution in [0.15, 0.2) is 6.07 Å². The normalized spacial score (nSPS) is 10.7. The molecular weight excluding hydrogens is 166 g/mol. The van der Waals surface area contributed by atoms with E-state index in [1.54, 1.807) is 0 Å². The van der Waals surface area contributed by atoms with Crippen molar-refractivity contribution >= 4 is 5.82 Å². The highest BCUT2D eigenvalue weighted by Crippen LogP contribution is 2.30. The van der Waals surface area contributed by atoms with E-state index in [-0.39, 0.29) is 11.5 Å². The van der Waals surface area contributed by atoms with Gasteiger partial charge >= 0.3 is 0 Å². The molecule has 66 valence electrons. The van der Waals surface area contributed by atoms with Gasteiger partial charge in [0.15, 0.2) is 0 Å². The molecule has 0 aliphatic carbocycles. The van der Waals surface area contributed by atoms with E-state index >= 15 is 0 Å². The molecule has 3 N–H and O–H groups in total. The fourth-order valence-corrected chi connectivity index (χ4v) is 0.882. The molecule has 0 aromatic carbocycles. The van der Waals surface area contributed by atoms with Gasteiger partial charge in [0.05, 0.1) is 11.3 Å². The summed E-state index contributed by atoms with van der Waals surface area (Å²) in [6, 6.07) is 0.965. The number of aromatic hydroxyl groups is 1. The topological polar surface area (TPSA) is 59.1 Å². The van der Waals surface area contributed by atoms with Gasteiger partial charge in [-0.05, 0) is 13.0 Å². The summed E-state index contributed by atoms with van der Waals surface area (Å²) in [5.41, 5.74) is 4.85. The molecule has 0 saturated heterocycles. The third kappa shape index (κ3) is 1.44. The summed E-state index contributed by atoms with van der Waals surface area (Å²) in [5, 5.41) is 9.09. The van der Waals surface area contributed by atoms with Crippen LogP contribution in [0.5, 0.6) is 5.75 Å². The van der Waals surface area contributed by atoms with Gasteiger partial charge in [0, 0.05) is 0 Å². The average molecular weight is 174 g/mol. The molecule has 0 spiro atoms. The second kappa shape index (κ2) is 2.92. The molecule has 0 radical (unpaired) electrons. The average Bonchev–Trinajstić information content (AvgIpc) is 1.96. The standard InChI is InChI=1S/C7H8F2N2O/c1-3-6(12)4(7(8)9)2-5(10)11-3/h2,7,12H,1H3,(H2,10,11). The molecule has 1 aromatic rings. The van der Waals surface area contributed by atoms with Crippen molar-refractivity contribution in [2.24, 2.45) is 0 Å². The van der Waals surface area contributed by atoms with Crippen molar-refractivity contribution in [3.8, 4) is 5.75 Å². The number of alkyl halides is 2. The minimum absolute atomic E-state index is 0.0133. The number of nitrogen functional groups attached to an aromatic ring is 1. The highest BCUT2D eigenvalue weighted by atomic mass is 19.3. The van der Waals surface area contributed by atoms with E-state index in [0.29, 0.717) is 0 Å². The number of halogens is 2. The first-order valence-corrected chi connectivity index (χ1v) is 3.26. The molecule has 0 aliphatic rings. The van der Waals surface area contributed by atoms with Crippen molar-refractivity contribution in [2.75, 3.05) is 5.73 Å². The van der Waals surface area contributed by atoms with E-state index in [1.807, 2.05) is 0 Å². The van der Waals surface area contributed by atoms with Crippen molar-refractivity contribution in [2.45, 2.75) is 13.3 Å². The third-order valence-electron chi connectivity index (χ3n) is 1.45. The Bertz CT molecular complexity index is 302. The minimum Gasteiger partial charge on any atom is -0.506 e. The molecule has 1 aromatic heterocycles. The molecule has 0 fully saturated rings. The van der Waals surface area contributed by atoms with E-state index < -0.39 is 17.7 Å². The molecule has 0 atom stereocenters. The number of nitrogens with two attached hydrogens (primary N) is 1. The van der Waals surface area contributed by atoms with Crippen molar-refractivity contribution in [1.82, 2.24) is 4.98 Å². The molecular formula is C7H8F2N2O. The van der Waals surface area contributed by atoms with Gasteiger partial charge in [-0.3, -0.25) is 0 Å². The molecule has 0 aliphatic heterocycles. The summed E-state index contributed by atoms with van der Waals surface area (Å²) in [4.78, 5) is 3.61. The van der Waals surface area contributed by atoms with Gasteiger partial charge in [-0.2, -0.15) is 0 Å². The number of nitrogens with zero attached hydrogens (tertiary/aromatic N) is 1. The van der Waals surface area contributed by atoms with Gasteiger partial charge in [-0.15, -0.1) is 0 Å². The van der Waals surface area contributed by atoms with Crippen LogP contribution in [0, 0.1) is 6.92 Å². The number of anilines is 1. The van der Waals surface area contributed by atoms with Gasteiger partial charge in [-0.1, -0.05) is 0 Å². The predicted molar refractivity (Wildman–Crippen MR) is 40.0 cm³/mol. The summed E-state index contributed by atoms with van der Waals surface area (Å²) in [6.45, 7) is 1.41. The second-order valence-electron chi connectivity index (χ2n) is 2.37. The second-order valence-corrected chi connectivity index (χ2v) is 2.37. The molecule has 0 bridgehead atoms. The van der Waals surface area contributed by atoms with Crippen LogP contribution in [0.2, 0.25) is 0 Å². The van der Waals surface area contributed by atoms with E-state index in [0.717, 1.165) is 6.07 Å². The number of aryl methyl sites for hydroxylation is 1. The molecule has 5 heteroatoms. The van der Waals surface area contributed by atoms with Crippen LogP contribution in [0.25, 0.3) is 0 Å². The van der Waals surface area contributed by atoms with E-state index in [9.17, 15) is 8.78 Å². The monoisotopic (exact) mass is 174 g/mol. The van der Waals surface area contributed by atoms with E-state index in [4.69, 9.17) is 10.8 Å². The number of hydrogen-bond donors (Lipinski definition) is 2. The molecule has 12 heavy (non-hydrogen) atoms. The Morgan fingerprint density at radius 1 is 1.58 bits per heavy atom. The molecule has 1 heterocycles. The highest BCUT2D eigenvalue weighted by molar-refractivity contribution is 5.44. The maximum Gasteiger partial charge on any atom is 0.267 e. The first-order chi connectivity index (χ1) is 5.52. The summed E-state index contributed by atoms with van der Waals surface area (Å²) >= 11 is 0. The van der Waals surface area contributed by atoms with Crippen molar-refractivity contribution in [3.63, 3.8) is 0 Å². The summed E-state index contributed by atoms with van der Waals surface area (Å²) < 4.78 is 24.3. The Morgan fingerprint density at radius 3 is 2.67 bits per heavy atom. The lowest BCUT2D eigenvalue weighted by Crippen LogP contribution is -1.97. The van der Waals surface area contributed by atoms with Gasteiger partial charge in [0.1, 0.15) is 11.6 Å². The number of pyridine rings is 1. The minimum atomic E-state index is -2.73. The highest BCUT2D eigenvalue weighted by Gasteiger charge is 2.15. The lowest BCUT2D eigenvalue weighted by Gasteiger charge is -2.06. The van der Waals surface area contributed by atoms with Crippen LogP contribution in [0.3, 0.4) is 0 Å². The largest absolute Gasteiger partial charge is 0.506 e. The third-order valence-corrected chi connectivity index (χ3v) is 1.45. The zero-order valence-corrected chi connectivity index (χ0v) is 6.38. The molecule has 0 unspecified atom stereocenters. The molecule has 0 saturated carbocycles. The van der Waals surface area contributed by atoms with Gasteiger partial charge in [0.25, 0.3) is 6.43 Å².